The smallest absolute Gasteiger partial charge is 0.272 e. The Bertz CT molecular complexity index is 485. The van der Waals surface area contributed by atoms with Gasteiger partial charge in [0, 0.05) is 51.5 Å². The van der Waals surface area contributed by atoms with Crippen molar-refractivity contribution in [1.29, 1.82) is 0 Å². The summed E-state index contributed by atoms with van der Waals surface area (Å²) in [4.78, 5) is 21.2. The molecule has 0 aliphatic carbocycles. The molecule has 1 N–H and O–H groups in total. The molecule has 3 heterocycles. The van der Waals surface area contributed by atoms with Crippen molar-refractivity contribution in [1.82, 2.24) is 20.1 Å². The lowest BCUT2D eigenvalue weighted by atomic mass is 10.2. The number of rotatable bonds is 2. The van der Waals surface area contributed by atoms with E-state index in [1.54, 1.807) is 6.20 Å². The van der Waals surface area contributed by atoms with Gasteiger partial charge in [-0.25, -0.2) is 0 Å². The Labute approximate surface area is 120 Å². The fourth-order valence-corrected chi connectivity index (χ4v) is 3.13. The first-order valence-corrected chi connectivity index (χ1v) is 7.41. The number of pyridine rings is 1. The summed E-state index contributed by atoms with van der Waals surface area (Å²) < 4.78 is 0. The van der Waals surface area contributed by atoms with Crippen molar-refractivity contribution in [3.05, 3.63) is 29.6 Å². The maximum atomic E-state index is 12.5. The zero-order valence-electron chi connectivity index (χ0n) is 12.0. The molecule has 2 fully saturated rings. The molecule has 108 valence electrons. The SMILES string of the molecule is Cc1cccnc1C(=O)N1CCC(N2CCNCC2)C1. The Balaban J connectivity index is 1.65. The first-order valence-electron chi connectivity index (χ1n) is 7.41. The Morgan fingerprint density at radius 1 is 1.35 bits per heavy atom. The van der Waals surface area contributed by atoms with E-state index in [9.17, 15) is 4.79 Å². The van der Waals surface area contributed by atoms with Crippen molar-refractivity contribution >= 4 is 5.91 Å². The molecule has 1 unspecified atom stereocenters. The molecule has 2 saturated heterocycles. The summed E-state index contributed by atoms with van der Waals surface area (Å²) in [6.45, 7) is 7.95. The van der Waals surface area contributed by atoms with Gasteiger partial charge in [0.2, 0.25) is 0 Å². The summed E-state index contributed by atoms with van der Waals surface area (Å²) in [7, 11) is 0. The van der Waals surface area contributed by atoms with Gasteiger partial charge in [0.25, 0.3) is 5.91 Å². The highest BCUT2D eigenvalue weighted by Gasteiger charge is 2.32. The van der Waals surface area contributed by atoms with Gasteiger partial charge in [0.1, 0.15) is 5.69 Å². The van der Waals surface area contributed by atoms with Gasteiger partial charge in [0.05, 0.1) is 0 Å². The fourth-order valence-electron chi connectivity index (χ4n) is 3.13. The van der Waals surface area contributed by atoms with Crippen LogP contribution >= 0.6 is 0 Å². The summed E-state index contributed by atoms with van der Waals surface area (Å²) in [5.41, 5.74) is 1.57. The van der Waals surface area contributed by atoms with Gasteiger partial charge in [-0.15, -0.1) is 0 Å². The molecule has 0 bridgehead atoms. The molecule has 2 aliphatic heterocycles. The minimum atomic E-state index is 0.0840. The van der Waals surface area contributed by atoms with E-state index in [2.05, 4.69) is 15.2 Å². The number of hydrogen-bond acceptors (Lipinski definition) is 4. The molecule has 0 saturated carbocycles. The second-order valence-corrected chi connectivity index (χ2v) is 5.65. The third kappa shape index (κ3) is 2.69. The highest BCUT2D eigenvalue weighted by atomic mass is 16.2. The third-order valence-electron chi connectivity index (χ3n) is 4.33. The zero-order chi connectivity index (χ0) is 13.9. The maximum Gasteiger partial charge on any atom is 0.272 e. The van der Waals surface area contributed by atoms with E-state index in [4.69, 9.17) is 0 Å². The summed E-state index contributed by atoms with van der Waals surface area (Å²) in [5.74, 6) is 0.0840. The summed E-state index contributed by atoms with van der Waals surface area (Å²) in [5, 5.41) is 3.37. The van der Waals surface area contributed by atoms with Gasteiger partial charge in [-0.1, -0.05) is 6.07 Å². The largest absolute Gasteiger partial charge is 0.336 e. The van der Waals surface area contributed by atoms with Gasteiger partial charge >= 0.3 is 0 Å². The number of nitrogens with zero attached hydrogens (tertiary/aromatic N) is 3. The minimum Gasteiger partial charge on any atom is -0.336 e. The van der Waals surface area contributed by atoms with Crippen molar-refractivity contribution in [2.24, 2.45) is 0 Å². The van der Waals surface area contributed by atoms with Gasteiger partial charge in [-0.3, -0.25) is 14.7 Å². The number of aromatic nitrogens is 1. The molecule has 1 aromatic heterocycles. The Morgan fingerprint density at radius 2 is 2.15 bits per heavy atom. The maximum absolute atomic E-state index is 12.5. The number of piperazine rings is 1. The van der Waals surface area contributed by atoms with E-state index in [0.717, 1.165) is 51.3 Å². The molecule has 5 heteroatoms. The second-order valence-electron chi connectivity index (χ2n) is 5.65. The van der Waals surface area contributed by atoms with Crippen molar-refractivity contribution in [3.63, 3.8) is 0 Å². The molecule has 1 atom stereocenters. The van der Waals surface area contributed by atoms with Gasteiger partial charge in [-0.2, -0.15) is 0 Å². The average molecular weight is 274 g/mol. The fraction of sp³-hybridized carbons (Fsp3) is 0.600. The molecule has 3 rings (SSSR count). The number of nitrogens with one attached hydrogen (secondary N) is 1. The van der Waals surface area contributed by atoms with Crippen LogP contribution in [-0.4, -0.2) is 66.0 Å². The van der Waals surface area contributed by atoms with Crippen molar-refractivity contribution in [3.8, 4) is 0 Å². The van der Waals surface area contributed by atoms with Crippen LogP contribution in [0.25, 0.3) is 0 Å². The van der Waals surface area contributed by atoms with Crippen LogP contribution in [0.5, 0.6) is 0 Å². The quantitative estimate of drug-likeness (QED) is 0.854. The lowest BCUT2D eigenvalue weighted by Crippen LogP contribution is -2.49. The van der Waals surface area contributed by atoms with Crippen LogP contribution in [0.15, 0.2) is 18.3 Å². The number of hydrogen-bond donors (Lipinski definition) is 1. The Hall–Kier alpha value is -1.46. The minimum absolute atomic E-state index is 0.0840. The van der Waals surface area contributed by atoms with E-state index in [0.29, 0.717) is 11.7 Å². The highest BCUT2D eigenvalue weighted by molar-refractivity contribution is 5.93. The lowest BCUT2D eigenvalue weighted by Gasteiger charge is -2.32. The number of amides is 1. The van der Waals surface area contributed by atoms with E-state index >= 15 is 0 Å². The predicted molar refractivity (Wildman–Crippen MR) is 77.7 cm³/mol. The van der Waals surface area contributed by atoms with Crippen LogP contribution in [0.4, 0.5) is 0 Å². The summed E-state index contributed by atoms with van der Waals surface area (Å²) in [6.07, 6.45) is 2.78. The summed E-state index contributed by atoms with van der Waals surface area (Å²) in [6, 6.07) is 4.34. The van der Waals surface area contributed by atoms with Crippen LogP contribution in [0, 0.1) is 6.92 Å². The van der Waals surface area contributed by atoms with Crippen molar-refractivity contribution < 1.29 is 4.79 Å². The molecule has 0 radical (unpaired) electrons. The van der Waals surface area contributed by atoms with Gasteiger partial charge in [0.15, 0.2) is 0 Å². The highest BCUT2D eigenvalue weighted by Crippen LogP contribution is 2.19. The first-order chi connectivity index (χ1) is 9.75. The lowest BCUT2D eigenvalue weighted by molar-refractivity contribution is 0.0767. The van der Waals surface area contributed by atoms with Gasteiger partial charge < -0.3 is 10.2 Å². The number of aryl methyl sites for hydroxylation is 1. The first kappa shape index (κ1) is 13.5. The molecule has 20 heavy (non-hydrogen) atoms. The third-order valence-corrected chi connectivity index (χ3v) is 4.33. The van der Waals surface area contributed by atoms with Crippen molar-refractivity contribution in [2.75, 3.05) is 39.3 Å². The van der Waals surface area contributed by atoms with E-state index in [-0.39, 0.29) is 5.91 Å². The second kappa shape index (κ2) is 5.89. The monoisotopic (exact) mass is 274 g/mol. The van der Waals surface area contributed by atoms with Crippen LogP contribution in [-0.2, 0) is 0 Å². The average Bonchev–Trinajstić information content (AvgIpc) is 2.98. The standard InChI is InChI=1S/C15H22N4O/c1-12-3-2-5-17-14(12)15(20)19-8-4-13(11-19)18-9-6-16-7-10-18/h2-3,5,13,16H,4,6-11H2,1H3. The Kier molecular flexibility index (Phi) is 3.98. The van der Waals surface area contributed by atoms with Gasteiger partial charge in [-0.05, 0) is 25.0 Å². The van der Waals surface area contributed by atoms with Crippen LogP contribution in [0.2, 0.25) is 0 Å². The Morgan fingerprint density at radius 3 is 2.90 bits per heavy atom. The molecular formula is C15H22N4O. The molecule has 0 aromatic carbocycles. The molecule has 0 spiro atoms. The topological polar surface area (TPSA) is 48.5 Å². The van der Waals surface area contributed by atoms with Crippen molar-refractivity contribution in [2.45, 2.75) is 19.4 Å². The molecule has 1 amide bonds. The predicted octanol–water partition coefficient (Wildman–Crippen LogP) is 0.510. The molecule has 1 aromatic rings. The van der Waals surface area contributed by atoms with E-state index < -0.39 is 0 Å². The normalized spacial score (nSPS) is 24.1. The number of carbonyl (C=O) groups is 1. The zero-order valence-corrected chi connectivity index (χ0v) is 12.0. The number of carbonyl (C=O) groups excluding carboxylic acids is 1. The summed E-state index contributed by atoms with van der Waals surface area (Å²) >= 11 is 0. The van der Waals surface area contributed by atoms with Crippen LogP contribution < -0.4 is 5.32 Å². The number of likely N-dealkylation sites (tertiary alicyclic amines) is 1. The van der Waals surface area contributed by atoms with Crippen LogP contribution in [0.3, 0.4) is 0 Å². The molecular weight excluding hydrogens is 252 g/mol. The molecule has 5 nitrogen and oxygen atoms in total. The van der Waals surface area contributed by atoms with E-state index in [1.807, 2.05) is 24.0 Å². The molecule has 2 aliphatic rings. The van der Waals surface area contributed by atoms with Crippen LogP contribution in [0.1, 0.15) is 22.5 Å². The van der Waals surface area contributed by atoms with E-state index in [1.165, 1.54) is 0 Å².